The molecule has 1 amide bonds. The van der Waals surface area contributed by atoms with Crippen LogP contribution in [0.1, 0.15) is 6.92 Å². The average Bonchev–Trinajstić information content (AvgIpc) is 3.03. The van der Waals surface area contributed by atoms with Crippen molar-refractivity contribution in [3.8, 4) is 11.6 Å². The molecule has 3 aromatic rings. The SMILES string of the molecule is CC(Sc1c([O-])on[n+]1-c1ccccc1)C(=O)Nc1ccc([N+](=O)[O-])cc1. The number of nitrogens with zero attached hydrogens (tertiary/aromatic N) is 3. The Kier molecular flexibility index (Phi) is 5.36. The Bertz CT molecular complexity index is 959. The molecule has 9 nitrogen and oxygen atoms in total. The van der Waals surface area contributed by atoms with Crippen molar-refractivity contribution < 1.29 is 24.0 Å². The van der Waals surface area contributed by atoms with Crippen molar-refractivity contribution in [1.29, 1.82) is 0 Å². The summed E-state index contributed by atoms with van der Waals surface area (Å²) >= 11 is 1.01. The molecule has 1 atom stereocenters. The van der Waals surface area contributed by atoms with Gasteiger partial charge in [-0.25, -0.2) is 0 Å². The fourth-order valence-electron chi connectivity index (χ4n) is 2.20. The summed E-state index contributed by atoms with van der Waals surface area (Å²) in [7, 11) is 0. The van der Waals surface area contributed by atoms with Gasteiger partial charge in [0.1, 0.15) is 0 Å². The predicted octanol–water partition coefficient (Wildman–Crippen LogP) is 2.05. The first-order valence-corrected chi connectivity index (χ1v) is 8.70. The van der Waals surface area contributed by atoms with Crippen LogP contribution < -0.4 is 15.1 Å². The van der Waals surface area contributed by atoms with Gasteiger partial charge in [0.25, 0.3) is 10.7 Å². The molecule has 1 heterocycles. The lowest BCUT2D eigenvalue weighted by atomic mass is 10.3. The second-order valence-corrected chi connectivity index (χ2v) is 6.80. The number of nitro benzene ring substituents is 1. The first kappa shape index (κ1) is 18.4. The summed E-state index contributed by atoms with van der Waals surface area (Å²) in [4.78, 5) is 22.5. The molecule has 10 heteroatoms. The minimum Gasteiger partial charge on any atom is -0.538 e. The van der Waals surface area contributed by atoms with Gasteiger partial charge in [0.05, 0.1) is 15.4 Å². The van der Waals surface area contributed by atoms with Crippen LogP contribution in [0.4, 0.5) is 11.4 Å². The van der Waals surface area contributed by atoms with Crippen molar-refractivity contribution in [3.63, 3.8) is 0 Å². The smallest absolute Gasteiger partial charge is 0.298 e. The maximum Gasteiger partial charge on any atom is 0.298 e. The van der Waals surface area contributed by atoms with E-state index in [1.54, 1.807) is 31.2 Å². The van der Waals surface area contributed by atoms with Gasteiger partial charge in [0.2, 0.25) is 11.6 Å². The number of carbonyl (C=O) groups excluding carboxylic acids is 1. The molecule has 1 N–H and O–H groups in total. The lowest BCUT2D eigenvalue weighted by Gasteiger charge is -2.10. The molecule has 0 aliphatic rings. The Morgan fingerprint density at radius 3 is 2.52 bits per heavy atom. The van der Waals surface area contributed by atoms with Crippen LogP contribution in [0.25, 0.3) is 5.69 Å². The van der Waals surface area contributed by atoms with Gasteiger partial charge in [-0.3, -0.25) is 14.9 Å². The van der Waals surface area contributed by atoms with E-state index in [0.717, 1.165) is 11.8 Å². The van der Waals surface area contributed by atoms with Crippen LogP contribution in [0, 0.1) is 10.1 Å². The molecule has 0 aliphatic heterocycles. The summed E-state index contributed by atoms with van der Waals surface area (Å²) in [5.41, 5.74) is 0.982. The number of non-ortho nitro benzene ring substituents is 1. The van der Waals surface area contributed by atoms with Gasteiger partial charge in [0.15, 0.2) is 5.95 Å². The van der Waals surface area contributed by atoms with Crippen LogP contribution in [0.3, 0.4) is 0 Å². The maximum atomic E-state index is 12.4. The van der Waals surface area contributed by atoms with E-state index < -0.39 is 16.1 Å². The quantitative estimate of drug-likeness (QED) is 0.297. The summed E-state index contributed by atoms with van der Waals surface area (Å²) in [6.45, 7) is 1.63. The molecule has 0 spiro atoms. The van der Waals surface area contributed by atoms with Gasteiger partial charge in [0, 0.05) is 30.0 Å². The van der Waals surface area contributed by atoms with Gasteiger partial charge < -0.3 is 14.9 Å². The van der Waals surface area contributed by atoms with Crippen LogP contribution in [0.2, 0.25) is 0 Å². The summed E-state index contributed by atoms with van der Waals surface area (Å²) < 4.78 is 6.06. The molecular weight excluding hydrogens is 372 g/mol. The first-order valence-electron chi connectivity index (χ1n) is 7.82. The molecule has 0 fully saturated rings. The number of hydrogen-bond acceptors (Lipinski definition) is 7. The summed E-state index contributed by atoms with van der Waals surface area (Å²) in [6, 6.07) is 14.4. The number of anilines is 1. The lowest BCUT2D eigenvalue weighted by Crippen LogP contribution is -2.36. The Labute approximate surface area is 157 Å². The van der Waals surface area contributed by atoms with E-state index in [0.29, 0.717) is 11.4 Å². The molecule has 2 aromatic carbocycles. The Hall–Kier alpha value is -3.40. The number of nitrogens with one attached hydrogen (secondary N) is 1. The first-order chi connectivity index (χ1) is 13.0. The molecule has 0 aliphatic carbocycles. The number of aromatic nitrogens is 2. The molecular formula is C17H14N4O5S. The van der Waals surface area contributed by atoms with E-state index in [1.165, 1.54) is 28.9 Å². The summed E-state index contributed by atoms with van der Waals surface area (Å²) in [5, 5.41) is 28.5. The monoisotopic (exact) mass is 386 g/mol. The van der Waals surface area contributed by atoms with Gasteiger partial charge in [-0.2, -0.15) is 0 Å². The lowest BCUT2D eigenvalue weighted by molar-refractivity contribution is -0.705. The highest BCUT2D eigenvalue weighted by Crippen LogP contribution is 2.28. The number of amides is 1. The number of para-hydroxylation sites is 1. The highest BCUT2D eigenvalue weighted by atomic mass is 32.2. The molecule has 0 radical (unpaired) electrons. The number of thioether (sulfide) groups is 1. The van der Waals surface area contributed by atoms with Crippen LogP contribution in [-0.4, -0.2) is 21.4 Å². The minimum absolute atomic E-state index is 0.0696. The number of carbonyl (C=O) groups is 1. The van der Waals surface area contributed by atoms with E-state index in [2.05, 4.69) is 10.6 Å². The van der Waals surface area contributed by atoms with Crippen LogP contribution in [0.5, 0.6) is 5.95 Å². The van der Waals surface area contributed by atoms with Crippen molar-refractivity contribution in [2.75, 3.05) is 5.32 Å². The van der Waals surface area contributed by atoms with Crippen molar-refractivity contribution in [2.45, 2.75) is 17.2 Å². The van der Waals surface area contributed by atoms with E-state index in [9.17, 15) is 20.0 Å². The zero-order chi connectivity index (χ0) is 19.4. The third kappa shape index (κ3) is 4.23. The second-order valence-electron chi connectivity index (χ2n) is 5.47. The van der Waals surface area contributed by atoms with Crippen molar-refractivity contribution in [3.05, 3.63) is 64.7 Å². The molecule has 3 rings (SSSR count). The van der Waals surface area contributed by atoms with Gasteiger partial charge in [-0.05, 0) is 35.5 Å². The van der Waals surface area contributed by atoms with Crippen LogP contribution in [-0.2, 0) is 4.79 Å². The topological polar surface area (TPSA) is 125 Å². The van der Waals surface area contributed by atoms with Crippen LogP contribution in [0.15, 0.2) is 64.1 Å². The Morgan fingerprint density at radius 2 is 1.89 bits per heavy atom. The third-order valence-electron chi connectivity index (χ3n) is 3.58. The number of hydrogen-bond donors (Lipinski definition) is 1. The number of nitro groups is 1. The molecule has 1 aromatic heterocycles. The molecule has 0 saturated heterocycles. The maximum absolute atomic E-state index is 12.4. The van der Waals surface area contributed by atoms with E-state index in [4.69, 9.17) is 4.52 Å². The zero-order valence-corrected chi connectivity index (χ0v) is 14.9. The van der Waals surface area contributed by atoms with Gasteiger partial charge in [-0.1, -0.05) is 18.2 Å². The summed E-state index contributed by atoms with van der Waals surface area (Å²) in [5.74, 6) is -1.01. The van der Waals surface area contributed by atoms with Crippen LogP contribution >= 0.6 is 11.8 Å². The van der Waals surface area contributed by atoms with Crippen molar-refractivity contribution in [1.82, 2.24) is 5.27 Å². The fraction of sp³-hybridized carbons (Fsp3) is 0.118. The average molecular weight is 386 g/mol. The van der Waals surface area contributed by atoms with Gasteiger partial charge in [-0.15, -0.1) is 0 Å². The standard InChI is InChI=1S/C17H14N4O5S/c1-11(15(22)18-12-7-9-14(10-8-12)21(24)25)27-16-17(23)26-19-20(16)13-5-3-2-4-6-13/h2-11H,1H3,(H-,18,19,22,23). The van der Waals surface area contributed by atoms with Gasteiger partial charge >= 0.3 is 0 Å². The largest absolute Gasteiger partial charge is 0.538 e. The van der Waals surface area contributed by atoms with Crippen molar-refractivity contribution in [2.24, 2.45) is 0 Å². The Balaban J connectivity index is 1.72. The Morgan fingerprint density at radius 1 is 1.22 bits per heavy atom. The summed E-state index contributed by atoms with van der Waals surface area (Å²) in [6.07, 6.45) is 0. The normalized spacial score (nSPS) is 11.7. The molecule has 0 bridgehead atoms. The van der Waals surface area contributed by atoms with E-state index in [-0.39, 0.29) is 16.6 Å². The van der Waals surface area contributed by atoms with E-state index in [1.807, 2.05) is 6.07 Å². The minimum atomic E-state index is -0.640. The zero-order valence-electron chi connectivity index (χ0n) is 14.1. The molecule has 27 heavy (non-hydrogen) atoms. The third-order valence-corrected chi connectivity index (χ3v) is 4.71. The highest BCUT2D eigenvalue weighted by Gasteiger charge is 2.26. The highest BCUT2D eigenvalue weighted by molar-refractivity contribution is 8.00. The van der Waals surface area contributed by atoms with Crippen molar-refractivity contribution >= 4 is 29.0 Å². The molecule has 1 unspecified atom stereocenters. The number of benzene rings is 2. The molecule has 138 valence electrons. The number of rotatable bonds is 6. The predicted molar refractivity (Wildman–Crippen MR) is 94.5 cm³/mol. The fourth-order valence-corrected chi connectivity index (χ4v) is 3.08. The molecule has 0 saturated carbocycles. The second kappa shape index (κ2) is 7.87. The van der Waals surface area contributed by atoms with E-state index >= 15 is 0 Å².